The number of nitrogens with zero attached hydrogens (tertiary/aromatic N) is 1. The van der Waals surface area contributed by atoms with Crippen molar-refractivity contribution in [3.8, 4) is 5.75 Å². The Hall–Kier alpha value is -2.76. The standard InChI is InChI=1S/C18H22N2O4/c1-4-23-16-8-6-5-7-15(16)18(22)19-11-17(21)20(3)12-14-10-9-13(2)24-14/h5-10H,4,11-12H2,1-3H3,(H,19,22). The van der Waals surface area contributed by atoms with Crippen LogP contribution >= 0.6 is 0 Å². The molecule has 1 N–H and O–H groups in total. The van der Waals surface area contributed by atoms with Crippen LogP contribution in [0.5, 0.6) is 5.75 Å². The minimum absolute atomic E-state index is 0.0878. The van der Waals surface area contributed by atoms with Gasteiger partial charge in [-0.2, -0.15) is 0 Å². The molecule has 1 aromatic carbocycles. The Labute approximate surface area is 141 Å². The third-order valence-corrected chi connectivity index (χ3v) is 3.45. The quantitative estimate of drug-likeness (QED) is 0.846. The molecule has 6 heteroatoms. The van der Waals surface area contributed by atoms with Crippen LogP contribution in [0.25, 0.3) is 0 Å². The van der Waals surface area contributed by atoms with E-state index in [-0.39, 0.29) is 18.4 Å². The van der Waals surface area contributed by atoms with Gasteiger partial charge in [0.1, 0.15) is 17.3 Å². The van der Waals surface area contributed by atoms with Gasteiger partial charge in [0.25, 0.3) is 5.91 Å². The Balaban J connectivity index is 1.90. The number of hydrogen-bond donors (Lipinski definition) is 1. The number of para-hydroxylation sites is 1. The van der Waals surface area contributed by atoms with Crippen molar-refractivity contribution in [1.29, 1.82) is 0 Å². The number of carbonyl (C=O) groups is 2. The van der Waals surface area contributed by atoms with Gasteiger partial charge in [-0.15, -0.1) is 0 Å². The molecule has 0 aliphatic heterocycles. The Kier molecular flexibility index (Phi) is 6.01. The van der Waals surface area contributed by atoms with Gasteiger partial charge in [0.2, 0.25) is 5.91 Å². The fourth-order valence-corrected chi connectivity index (χ4v) is 2.21. The Morgan fingerprint density at radius 3 is 2.62 bits per heavy atom. The van der Waals surface area contributed by atoms with Crippen molar-refractivity contribution in [3.05, 3.63) is 53.5 Å². The minimum Gasteiger partial charge on any atom is -0.493 e. The maximum atomic E-state index is 12.2. The highest BCUT2D eigenvalue weighted by molar-refractivity contribution is 5.98. The predicted octanol–water partition coefficient (Wildman–Crippen LogP) is 2.38. The molecule has 0 radical (unpaired) electrons. The van der Waals surface area contributed by atoms with E-state index in [1.807, 2.05) is 26.0 Å². The fraction of sp³-hybridized carbons (Fsp3) is 0.333. The van der Waals surface area contributed by atoms with Crippen LogP contribution in [0.3, 0.4) is 0 Å². The van der Waals surface area contributed by atoms with Crippen LogP contribution < -0.4 is 10.1 Å². The summed E-state index contributed by atoms with van der Waals surface area (Å²) in [6, 6.07) is 10.6. The monoisotopic (exact) mass is 330 g/mol. The Morgan fingerprint density at radius 1 is 1.21 bits per heavy atom. The topological polar surface area (TPSA) is 71.8 Å². The van der Waals surface area contributed by atoms with E-state index in [0.29, 0.717) is 30.2 Å². The molecule has 2 aromatic rings. The first-order valence-electron chi connectivity index (χ1n) is 7.80. The van der Waals surface area contributed by atoms with E-state index < -0.39 is 0 Å². The maximum Gasteiger partial charge on any atom is 0.255 e. The summed E-state index contributed by atoms with van der Waals surface area (Å²) >= 11 is 0. The average molecular weight is 330 g/mol. The molecule has 6 nitrogen and oxygen atoms in total. The van der Waals surface area contributed by atoms with Crippen LogP contribution in [0.1, 0.15) is 28.8 Å². The first-order valence-corrected chi connectivity index (χ1v) is 7.80. The molecule has 0 bridgehead atoms. The number of benzene rings is 1. The molecule has 0 aliphatic carbocycles. The summed E-state index contributed by atoms with van der Waals surface area (Å²) in [6.07, 6.45) is 0. The lowest BCUT2D eigenvalue weighted by molar-refractivity contribution is -0.129. The van der Waals surface area contributed by atoms with Crippen molar-refractivity contribution in [3.63, 3.8) is 0 Å². The van der Waals surface area contributed by atoms with Crippen molar-refractivity contribution in [2.45, 2.75) is 20.4 Å². The van der Waals surface area contributed by atoms with Gasteiger partial charge in [0.15, 0.2) is 0 Å². The number of hydrogen-bond acceptors (Lipinski definition) is 4. The third-order valence-electron chi connectivity index (χ3n) is 3.45. The van der Waals surface area contributed by atoms with E-state index in [0.717, 1.165) is 5.76 Å². The molecule has 1 aromatic heterocycles. The molecule has 24 heavy (non-hydrogen) atoms. The van der Waals surface area contributed by atoms with Crippen molar-refractivity contribution in [2.24, 2.45) is 0 Å². The summed E-state index contributed by atoms with van der Waals surface area (Å²) in [7, 11) is 1.67. The molecule has 0 fully saturated rings. The summed E-state index contributed by atoms with van der Waals surface area (Å²) in [5.74, 6) is 1.47. The number of carbonyl (C=O) groups excluding carboxylic acids is 2. The largest absolute Gasteiger partial charge is 0.493 e. The second kappa shape index (κ2) is 8.19. The van der Waals surface area contributed by atoms with Crippen LogP contribution in [0, 0.1) is 6.92 Å². The molecular formula is C18H22N2O4. The third kappa shape index (κ3) is 4.62. The van der Waals surface area contributed by atoms with E-state index in [4.69, 9.17) is 9.15 Å². The molecule has 2 amide bonds. The van der Waals surface area contributed by atoms with Gasteiger partial charge in [0, 0.05) is 7.05 Å². The van der Waals surface area contributed by atoms with Crippen LogP contribution in [0.4, 0.5) is 0 Å². The molecular weight excluding hydrogens is 308 g/mol. The van der Waals surface area contributed by atoms with E-state index in [2.05, 4.69) is 5.32 Å². The number of furan rings is 1. The first-order chi connectivity index (χ1) is 11.5. The Morgan fingerprint density at radius 2 is 1.96 bits per heavy atom. The van der Waals surface area contributed by atoms with Crippen LogP contribution in [0.15, 0.2) is 40.8 Å². The molecule has 0 unspecified atom stereocenters. The molecule has 128 valence electrons. The fourth-order valence-electron chi connectivity index (χ4n) is 2.21. The number of ether oxygens (including phenoxy) is 1. The zero-order valence-electron chi connectivity index (χ0n) is 14.2. The smallest absolute Gasteiger partial charge is 0.255 e. The second-order valence-electron chi connectivity index (χ2n) is 5.37. The molecule has 0 atom stereocenters. The highest BCUT2D eigenvalue weighted by Crippen LogP contribution is 2.17. The number of nitrogens with one attached hydrogen (secondary N) is 1. The summed E-state index contributed by atoms with van der Waals surface area (Å²) < 4.78 is 10.9. The maximum absolute atomic E-state index is 12.2. The molecule has 0 saturated heterocycles. The van der Waals surface area contributed by atoms with Gasteiger partial charge in [0.05, 0.1) is 25.3 Å². The number of aryl methyl sites for hydroxylation is 1. The number of amides is 2. The van der Waals surface area contributed by atoms with Gasteiger partial charge in [-0.1, -0.05) is 12.1 Å². The van der Waals surface area contributed by atoms with Crippen molar-refractivity contribution in [2.75, 3.05) is 20.2 Å². The van der Waals surface area contributed by atoms with Crippen molar-refractivity contribution in [1.82, 2.24) is 10.2 Å². The molecule has 0 saturated carbocycles. The SMILES string of the molecule is CCOc1ccccc1C(=O)NCC(=O)N(C)Cc1ccc(C)o1. The van der Waals surface area contributed by atoms with Gasteiger partial charge in [-0.3, -0.25) is 9.59 Å². The zero-order chi connectivity index (χ0) is 17.5. The van der Waals surface area contributed by atoms with Crippen LogP contribution in [-0.4, -0.2) is 36.9 Å². The van der Waals surface area contributed by atoms with Gasteiger partial charge in [-0.25, -0.2) is 0 Å². The highest BCUT2D eigenvalue weighted by Gasteiger charge is 2.15. The van der Waals surface area contributed by atoms with E-state index in [1.54, 1.807) is 31.3 Å². The first kappa shape index (κ1) is 17.6. The number of likely N-dealkylation sites (N-methyl/N-ethyl adjacent to an activating group) is 1. The number of rotatable bonds is 7. The normalized spacial score (nSPS) is 10.3. The van der Waals surface area contributed by atoms with E-state index in [9.17, 15) is 9.59 Å². The lowest BCUT2D eigenvalue weighted by atomic mass is 10.2. The second-order valence-corrected chi connectivity index (χ2v) is 5.37. The molecule has 2 rings (SSSR count). The molecule has 1 heterocycles. The van der Waals surface area contributed by atoms with E-state index in [1.165, 1.54) is 4.90 Å². The lowest BCUT2D eigenvalue weighted by Crippen LogP contribution is -2.37. The van der Waals surface area contributed by atoms with Crippen molar-refractivity contribution >= 4 is 11.8 Å². The zero-order valence-corrected chi connectivity index (χ0v) is 14.2. The van der Waals surface area contributed by atoms with Gasteiger partial charge >= 0.3 is 0 Å². The molecule has 0 spiro atoms. The summed E-state index contributed by atoms with van der Waals surface area (Å²) in [4.78, 5) is 25.9. The lowest BCUT2D eigenvalue weighted by Gasteiger charge is -2.16. The Bertz CT molecular complexity index is 709. The van der Waals surface area contributed by atoms with Crippen LogP contribution in [-0.2, 0) is 11.3 Å². The van der Waals surface area contributed by atoms with Gasteiger partial charge in [-0.05, 0) is 38.1 Å². The van der Waals surface area contributed by atoms with Crippen LogP contribution in [0.2, 0.25) is 0 Å². The predicted molar refractivity (Wildman–Crippen MR) is 89.9 cm³/mol. The van der Waals surface area contributed by atoms with E-state index >= 15 is 0 Å². The van der Waals surface area contributed by atoms with Crippen molar-refractivity contribution < 1.29 is 18.7 Å². The minimum atomic E-state index is -0.338. The average Bonchev–Trinajstić information content (AvgIpc) is 2.98. The summed E-state index contributed by atoms with van der Waals surface area (Å²) in [5.41, 5.74) is 0.413. The summed E-state index contributed by atoms with van der Waals surface area (Å²) in [5, 5.41) is 2.63. The molecule has 0 aliphatic rings. The van der Waals surface area contributed by atoms with Gasteiger partial charge < -0.3 is 19.4 Å². The highest BCUT2D eigenvalue weighted by atomic mass is 16.5. The summed E-state index contributed by atoms with van der Waals surface area (Å²) in [6.45, 7) is 4.44.